The van der Waals surface area contributed by atoms with E-state index in [-0.39, 0.29) is 5.82 Å². The van der Waals surface area contributed by atoms with Gasteiger partial charge in [-0.2, -0.15) is 0 Å². The Labute approximate surface area is 118 Å². The van der Waals surface area contributed by atoms with Crippen molar-refractivity contribution in [1.82, 2.24) is 9.97 Å². The quantitative estimate of drug-likeness (QED) is 0.644. The van der Waals surface area contributed by atoms with Crippen LogP contribution >= 0.6 is 0 Å². The highest BCUT2D eigenvalue weighted by Gasteiger charge is 2.01. The first kappa shape index (κ1) is 13.1. The fourth-order valence-electron chi connectivity index (χ4n) is 2.08. The molecule has 0 fully saturated rings. The number of nitrogens with one attached hydrogen (secondary N) is 3. The van der Waals surface area contributed by atoms with Gasteiger partial charge in [0.2, 0.25) is 0 Å². The molecule has 0 amide bonds. The second-order valence-corrected chi connectivity index (χ2v) is 4.65. The van der Waals surface area contributed by atoms with E-state index in [0.717, 1.165) is 11.3 Å². The molecule has 2 aromatic carbocycles. The number of rotatable bonds is 3. The first-order valence-corrected chi connectivity index (χ1v) is 6.36. The van der Waals surface area contributed by atoms with E-state index >= 15 is 0 Å². The van der Waals surface area contributed by atoms with E-state index in [1.54, 1.807) is 24.3 Å². The highest BCUT2D eigenvalue weighted by molar-refractivity contribution is 5.78. The fourth-order valence-corrected chi connectivity index (χ4v) is 2.08. The molecule has 0 saturated heterocycles. The van der Waals surface area contributed by atoms with Crippen molar-refractivity contribution in [2.24, 2.45) is 0 Å². The van der Waals surface area contributed by atoms with Gasteiger partial charge in [0.05, 0.1) is 11.0 Å². The maximum Gasteiger partial charge on any atom is 0.314 e. The molecular weight excluding hydrogens is 273 g/mol. The van der Waals surface area contributed by atoms with E-state index in [1.807, 2.05) is 6.07 Å². The minimum atomic E-state index is -0.690. The summed E-state index contributed by atoms with van der Waals surface area (Å²) in [5, 5.41) is 3.13. The number of aromatic amines is 2. The van der Waals surface area contributed by atoms with E-state index in [0.29, 0.717) is 17.6 Å². The molecule has 0 bridgehead atoms. The van der Waals surface area contributed by atoms with Crippen molar-refractivity contribution in [1.29, 1.82) is 0 Å². The van der Waals surface area contributed by atoms with Crippen LogP contribution in [0.2, 0.25) is 0 Å². The highest BCUT2D eigenvalue weighted by Crippen LogP contribution is 2.15. The molecule has 0 spiro atoms. The molecule has 0 atom stereocenters. The van der Waals surface area contributed by atoms with Gasteiger partial charge in [-0.15, -0.1) is 0 Å². The van der Waals surface area contributed by atoms with Gasteiger partial charge in [0, 0.05) is 12.2 Å². The number of aromatic nitrogens is 2. The summed E-state index contributed by atoms with van der Waals surface area (Å²) < 4.78 is 13.1. The van der Waals surface area contributed by atoms with Crippen molar-refractivity contribution < 1.29 is 4.39 Å². The molecule has 6 heteroatoms. The average Bonchev–Trinajstić information content (AvgIpc) is 2.46. The van der Waals surface area contributed by atoms with Gasteiger partial charge in [-0.05, 0) is 35.9 Å². The number of fused-ring (bicyclic) bond motifs is 1. The molecular formula is C15H12FN3O2. The van der Waals surface area contributed by atoms with Crippen molar-refractivity contribution in [2.45, 2.75) is 6.54 Å². The molecule has 1 heterocycles. The van der Waals surface area contributed by atoms with Crippen LogP contribution in [0.1, 0.15) is 5.56 Å². The van der Waals surface area contributed by atoms with Gasteiger partial charge < -0.3 is 15.3 Å². The predicted molar refractivity (Wildman–Crippen MR) is 78.9 cm³/mol. The zero-order valence-electron chi connectivity index (χ0n) is 10.9. The lowest BCUT2D eigenvalue weighted by Crippen LogP contribution is -2.28. The lowest BCUT2D eigenvalue weighted by molar-refractivity contribution is 0.626. The first-order valence-electron chi connectivity index (χ1n) is 6.36. The van der Waals surface area contributed by atoms with Crippen molar-refractivity contribution >= 4 is 16.7 Å². The van der Waals surface area contributed by atoms with Crippen LogP contribution in [-0.2, 0) is 6.54 Å². The monoisotopic (exact) mass is 285 g/mol. The van der Waals surface area contributed by atoms with Crippen molar-refractivity contribution in [2.75, 3.05) is 5.32 Å². The Morgan fingerprint density at radius 1 is 0.952 bits per heavy atom. The van der Waals surface area contributed by atoms with Gasteiger partial charge in [-0.1, -0.05) is 12.1 Å². The molecule has 0 saturated carbocycles. The summed E-state index contributed by atoms with van der Waals surface area (Å²) in [6.07, 6.45) is 0. The number of hydrogen-bond donors (Lipinski definition) is 3. The van der Waals surface area contributed by atoms with Gasteiger partial charge in [-0.3, -0.25) is 9.59 Å². The molecule has 0 unspecified atom stereocenters. The third-order valence-corrected chi connectivity index (χ3v) is 3.11. The Balaban J connectivity index is 1.86. The van der Waals surface area contributed by atoms with Crippen LogP contribution in [0, 0.1) is 5.82 Å². The smallest absolute Gasteiger partial charge is 0.314 e. The van der Waals surface area contributed by atoms with Gasteiger partial charge in [0.15, 0.2) is 0 Å². The summed E-state index contributed by atoms with van der Waals surface area (Å²) in [6.45, 7) is 0.455. The van der Waals surface area contributed by atoms with Gasteiger partial charge >= 0.3 is 11.1 Å². The highest BCUT2D eigenvalue weighted by atomic mass is 19.1. The average molecular weight is 285 g/mol. The Hall–Kier alpha value is -2.89. The lowest BCUT2D eigenvalue weighted by Gasteiger charge is -2.07. The van der Waals surface area contributed by atoms with Crippen molar-refractivity contribution in [3.63, 3.8) is 0 Å². The van der Waals surface area contributed by atoms with Gasteiger partial charge in [0.1, 0.15) is 5.82 Å². The molecule has 106 valence electrons. The van der Waals surface area contributed by atoms with Crippen LogP contribution in [-0.4, -0.2) is 9.97 Å². The second-order valence-electron chi connectivity index (χ2n) is 4.65. The number of anilines is 1. The third-order valence-electron chi connectivity index (χ3n) is 3.11. The Bertz CT molecular complexity index is 914. The molecule has 0 aliphatic rings. The molecule has 1 aromatic heterocycles. The topological polar surface area (TPSA) is 77.8 Å². The van der Waals surface area contributed by atoms with Gasteiger partial charge in [-0.25, -0.2) is 4.39 Å². The zero-order valence-corrected chi connectivity index (χ0v) is 10.9. The maximum absolute atomic E-state index is 13.1. The number of benzene rings is 2. The Kier molecular flexibility index (Phi) is 3.27. The summed E-state index contributed by atoms with van der Waals surface area (Å²) in [7, 11) is 0. The lowest BCUT2D eigenvalue weighted by atomic mass is 10.2. The van der Waals surface area contributed by atoms with Crippen LogP contribution in [0.3, 0.4) is 0 Å². The second kappa shape index (κ2) is 5.24. The van der Waals surface area contributed by atoms with E-state index < -0.39 is 11.1 Å². The Morgan fingerprint density at radius 2 is 1.71 bits per heavy atom. The first-order chi connectivity index (χ1) is 10.1. The number of halogens is 1. The van der Waals surface area contributed by atoms with Crippen LogP contribution in [0.4, 0.5) is 10.1 Å². The van der Waals surface area contributed by atoms with Crippen molar-refractivity contribution in [3.8, 4) is 0 Å². The normalized spacial score (nSPS) is 10.7. The maximum atomic E-state index is 13.1. The minimum absolute atomic E-state index is 0.283. The summed E-state index contributed by atoms with van der Waals surface area (Å²) in [6, 6.07) is 11.5. The molecule has 3 rings (SSSR count). The minimum Gasteiger partial charge on any atom is -0.381 e. The molecule has 5 nitrogen and oxygen atoms in total. The van der Waals surface area contributed by atoms with E-state index in [4.69, 9.17) is 0 Å². The SMILES string of the molecule is O=c1[nH]c2ccc(NCc3cccc(F)c3)cc2[nH]c1=O. The predicted octanol–water partition coefficient (Wildman–Crippen LogP) is 1.97. The largest absolute Gasteiger partial charge is 0.381 e. The van der Waals surface area contributed by atoms with Crippen molar-refractivity contribution in [3.05, 3.63) is 74.6 Å². The molecule has 3 aromatic rings. The Morgan fingerprint density at radius 3 is 2.48 bits per heavy atom. The van der Waals surface area contributed by atoms with Crippen LogP contribution < -0.4 is 16.4 Å². The fraction of sp³-hybridized carbons (Fsp3) is 0.0667. The summed E-state index contributed by atoms with van der Waals surface area (Å²) in [5.74, 6) is -0.283. The number of hydrogen-bond acceptors (Lipinski definition) is 3. The van der Waals surface area contributed by atoms with Crippen LogP contribution in [0.15, 0.2) is 52.1 Å². The van der Waals surface area contributed by atoms with Crippen LogP contribution in [0.5, 0.6) is 0 Å². The zero-order chi connectivity index (χ0) is 14.8. The molecule has 21 heavy (non-hydrogen) atoms. The van der Waals surface area contributed by atoms with E-state index in [1.165, 1.54) is 12.1 Å². The van der Waals surface area contributed by atoms with E-state index in [9.17, 15) is 14.0 Å². The summed E-state index contributed by atoms with van der Waals surface area (Å²) in [5.41, 5.74) is 1.28. The molecule has 0 radical (unpaired) electrons. The third kappa shape index (κ3) is 2.84. The van der Waals surface area contributed by atoms with Gasteiger partial charge in [0.25, 0.3) is 0 Å². The molecule has 0 aliphatic carbocycles. The summed E-state index contributed by atoms with van der Waals surface area (Å²) >= 11 is 0. The van der Waals surface area contributed by atoms with Crippen LogP contribution in [0.25, 0.3) is 11.0 Å². The summed E-state index contributed by atoms with van der Waals surface area (Å²) in [4.78, 5) is 27.5. The standard InChI is InChI=1S/C15H12FN3O2/c16-10-3-1-2-9(6-10)8-17-11-4-5-12-13(7-11)19-15(21)14(20)18-12/h1-7,17H,8H2,(H,18,20)(H,19,21). The molecule has 0 aliphatic heterocycles. The number of H-pyrrole nitrogens is 2. The molecule has 3 N–H and O–H groups in total. The van der Waals surface area contributed by atoms with E-state index in [2.05, 4.69) is 15.3 Å².